The molecule has 1 amide bonds. The number of ether oxygens (including phenoxy) is 1. The molecule has 2 aromatic carbocycles. The van der Waals surface area contributed by atoms with E-state index in [2.05, 4.69) is 19.4 Å². The van der Waals surface area contributed by atoms with Crippen molar-refractivity contribution < 1.29 is 9.53 Å². The third kappa shape index (κ3) is 3.55. The number of anilines is 1. The van der Waals surface area contributed by atoms with E-state index in [9.17, 15) is 4.79 Å². The number of nitrogens with one attached hydrogen (secondary N) is 2. The summed E-state index contributed by atoms with van der Waals surface area (Å²) in [4.78, 5) is 12.5. The summed E-state index contributed by atoms with van der Waals surface area (Å²) >= 11 is 12.5. The van der Waals surface area contributed by atoms with Crippen molar-refractivity contribution in [1.82, 2.24) is 14.1 Å². The first-order valence-electron chi connectivity index (χ1n) is 7.18. The molecule has 0 saturated carbocycles. The minimum atomic E-state index is -0.377. The van der Waals surface area contributed by atoms with Crippen molar-refractivity contribution in [1.29, 1.82) is 0 Å². The van der Waals surface area contributed by atoms with Crippen molar-refractivity contribution in [3.05, 3.63) is 46.5 Å². The largest absolute Gasteiger partial charge is 0.496 e. The van der Waals surface area contributed by atoms with Gasteiger partial charge in [0.1, 0.15) is 16.8 Å². The quantitative estimate of drug-likeness (QED) is 0.660. The second-order valence-corrected chi connectivity index (χ2v) is 6.46. The summed E-state index contributed by atoms with van der Waals surface area (Å²) < 4.78 is 13.7. The van der Waals surface area contributed by atoms with Crippen LogP contribution in [0, 0.1) is 6.92 Å². The monoisotopic (exact) mass is 392 g/mol. The number of amides is 1. The number of carbonyl (C=O) groups is 1. The van der Waals surface area contributed by atoms with Crippen LogP contribution < -0.4 is 15.4 Å². The molecule has 0 unspecified atom stereocenters. The minimum Gasteiger partial charge on any atom is -0.496 e. The molecule has 1 heterocycles. The highest BCUT2D eigenvalue weighted by atomic mass is 35.5. The normalized spacial score (nSPS) is 10.5. The van der Waals surface area contributed by atoms with E-state index in [1.54, 1.807) is 24.3 Å². The van der Waals surface area contributed by atoms with Crippen molar-refractivity contribution in [2.45, 2.75) is 6.92 Å². The summed E-state index contributed by atoms with van der Waals surface area (Å²) in [6, 6.07) is 8.78. The van der Waals surface area contributed by atoms with Gasteiger partial charge in [0, 0.05) is 0 Å². The van der Waals surface area contributed by atoms with Gasteiger partial charge in [-0.25, -0.2) is 0 Å². The summed E-state index contributed by atoms with van der Waals surface area (Å²) in [5.74, 6) is 0.129. The number of aryl methyl sites for hydroxylation is 1. The van der Waals surface area contributed by atoms with E-state index >= 15 is 0 Å². The molecule has 3 rings (SSSR count). The fourth-order valence-corrected chi connectivity index (χ4v) is 3.30. The van der Waals surface area contributed by atoms with Gasteiger partial charge in [0.15, 0.2) is 5.11 Å². The fraction of sp³-hybridized carbons (Fsp3) is 0.125. The van der Waals surface area contributed by atoms with E-state index in [0.717, 1.165) is 17.3 Å². The van der Waals surface area contributed by atoms with E-state index in [4.69, 9.17) is 28.6 Å². The summed E-state index contributed by atoms with van der Waals surface area (Å²) in [7, 11) is 1.52. The van der Waals surface area contributed by atoms with Crippen LogP contribution in [0.5, 0.6) is 5.75 Å². The van der Waals surface area contributed by atoms with Gasteiger partial charge in [-0.3, -0.25) is 10.1 Å². The van der Waals surface area contributed by atoms with Crippen molar-refractivity contribution in [3.63, 3.8) is 0 Å². The number of aromatic nitrogens is 2. The molecule has 1 aromatic heterocycles. The lowest BCUT2D eigenvalue weighted by molar-refractivity contribution is 0.0974. The molecule has 128 valence electrons. The number of carbonyl (C=O) groups excluding carboxylic acids is 1. The van der Waals surface area contributed by atoms with Gasteiger partial charge in [-0.2, -0.15) is 8.75 Å². The maximum Gasteiger partial charge on any atom is 0.261 e. The lowest BCUT2D eigenvalue weighted by Gasteiger charge is -2.13. The molecule has 0 saturated heterocycles. The first-order valence-corrected chi connectivity index (χ1v) is 8.69. The molecule has 0 atom stereocenters. The smallest absolute Gasteiger partial charge is 0.261 e. The van der Waals surface area contributed by atoms with Gasteiger partial charge in [-0.05, 0) is 42.9 Å². The number of benzene rings is 2. The molecule has 6 nitrogen and oxygen atoms in total. The Hall–Kier alpha value is -2.29. The van der Waals surface area contributed by atoms with E-state index in [1.807, 2.05) is 13.0 Å². The highest BCUT2D eigenvalue weighted by molar-refractivity contribution is 7.80. The number of thiocarbonyl (C=S) groups is 1. The van der Waals surface area contributed by atoms with Crippen LogP contribution in [0.2, 0.25) is 5.02 Å². The summed E-state index contributed by atoms with van der Waals surface area (Å²) in [6.45, 7) is 1.86. The lowest BCUT2D eigenvalue weighted by atomic mass is 10.1. The minimum absolute atomic E-state index is 0.107. The van der Waals surface area contributed by atoms with Gasteiger partial charge >= 0.3 is 0 Å². The van der Waals surface area contributed by atoms with Crippen LogP contribution in [0.25, 0.3) is 11.0 Å². The Bertz CT molecular complexity index is 974. The highest BCUT2D eigenvalue weighted by Crippen LogP contribution is 2.30. The molecule has 0 aliphatic rings. The number of nitrogens with zero attached hydrogens (tertiary/aromatic N) is 2. The zero-order valence-electron chi connectivity index (χ0n) is 13.3. The maximum atomic E-state index is 12.5. The number of rotatable bonds is 3. The van der Waals surface area contributed by atoms with Crippen LogP contribution >= 0.6 is 35.5 Å². The van der Waals surface area contributed by atoms with E-state index in [-0.39, 0.29) is 11.0 Å². The molecule has 0 bridgehead atoms. The van der Waals surface area contributed by atoms with Gasteiger partial charge in [-0.15, -0.1) is 0 Å². The van der Waals surface area contributed by atoms with Gasteiger partial charge < -0.3 is 10.1 Å². The molecular formula is C16H13ClN4O2S2. The number of methoxy groups -OCH3 is 1. The molecule has 9 heteroatoms. The van der Waals surface area contributed by atoms with Crippen LogP contribution in [-0.4, -0.2) is 26.9 Å². The van der Waals surface area contributed by atoms with E-state index in [1.165, 1.54) is 7.11 Å². The number of para-hydroxylation sites is 1. The Balaban J connectivity index is 1.81. The fourth-order valence-electron chi connectivity index (χ4n) is 2.36. The Morgan fingerprint density at radius 2 is 2.08 bits per heavy atom. The molecule has 3 aromatic rings. The summed E-state index contributed by atoms with van der Waals surface area (Å²) in [5.41, 5.74) is 3.06. The van der Waals surface area contributed by atoms with E-state index in [0.29, 0.717) is 33.1 Å². The first-order chi connectivity index (χ1) is 12.0. The Kier molecular flexibility index (Phi) is 5.12. The zero-order chi connectivity index (χ0) is 18.0. The molecule has 2 N–H and O–H groups in total. The predicted molar refractivity (Wildman–Crippen MR) is 104 cm³/mol. The Morgan fingerprint density at radius 3 is 2.84 bits per heavy atom. The van der Waals surface area contributed by atoms with Crippen molar-refractivity contribution >= 4 is 63.3 Å². The molecule has 25 heavy (non-hydrogen) atoms. The lowest BCUT2D eigenvalue weighted by Crippen LogP contribution is -2.34. The maximum absolute atomic E-state index is 12.5. The zero-order valence-corrected chi connectivity index (χ0v) is 15.7. The Morgan fingerprint density at radius 1 is 1.28 bits per heavy atom. The number of halogens is 1. The van der Waals surface area contributed by atoms with Crippen molar-refractivity contribution in [2.24, 2.45) is 0 Å². The van der Waals surface area contributed by atoms with Crippen LogP contribution in [0.15, 0.2) is 30.3 Å². The van der Waals surface area contributed by atoms with Gasteiger partial charge in [0.2, 0.25) is 0 Å². The predicted octanol–water partition coefficient (Wildman–Crippen LogP) is 3.79. The second-order valence-electron chi connectivity index (χ2n) is 5.12. The third-order valence-corrected chi connectivity index (χ3v) is 4.56. The average molecular weight is 393 g/mol. The standard InChI is InChI=1S/C16H13ClN4O2S2/c1-8-4-3-5-9(14(8)23-2)15(22)19-16(24)18-12-10(17)6-7-11-13(12)21-25-20-11/h3-7H,1-2H3,(H2,18,19,22,24). The first kappa shape index (κ1) is 17.5. The highest BCUT2D eigenvalue weighted by Gasteiger charge is 2.17. The third-order valence-electron chi connectivity index (χ3n) is 3.50. The molecule has 0 aliphatic heterocycles. The summed E-state index contributed by atoms with van der Waals surface area (Å²) in [6.07, 6.45) is 0. The number of fused-ring (bicyclic) bond motifs is 1. The molecule has 0 spiro atoms. The second kappa shape index (κ2) is 7.30. The molecular weight excluding hydrogens is 380 g/mol. The van der Waals surface area contributed by atoms with Crippen LogP contribution in [-0.2, 0) is 0 Å². The number of hydrogen-bond acceptors (Lipinski definition) is 6. The van der Waals surface area contributed by atoms with Crippen LogP contribution in [0.1, 0.15) is 15.9 Å². The van der Waals surface area contributed by atoms with Crippen molar-refractivity contribution in [3.8, 4) is 5.75 Å². The molecule has 0 fully saturated rings. The van der Waals surface area contributed by atoms with Crippen LogP contribution in [0.3, 0.4) is 0 Å². The Labute approximate surface area is 158 Å². The summed E-state index contributed by atoms with van der Waals surface area (Å²) in [5, 5.41) is 6.09. The van der Waals surface area contributed by atoms with Gasteiger partial charge in [0.05, 0.1) is 35.1 Å². The topological polar surface area (TPSA) is 76.1 Å². The SMILES string of the molecule is COc1c(C)cccc1C(=O)NC(=S)Nc1c(Cl)ccc2nsnc12. The van der Waals surface area contributed by atoms with Gasteiger partial charge in [0.25, 0.3) is 5.91 Å². The number of hydrogen-bond donors (Lipinski definition) is 2. The molecule has 0 aliphatic carbocycles. The van der Waals surface area contributed by atoms with Crippen molar-refractivity contribution in [2.75, 3.05) is 12.4 Å². The average Bonchev–Trinajstić information content (AvgIpc) is 3.06. The molecule has 0 radical (unpaired) electrons. The van der Waals surface area contributed by atoms with Crippen LogP contribution in [0.4, 0.5) is 5.69 Å². The van der Waals surface area contributed by atoms with Gasteiger partial charge in [-0.1, -0.05) is 23.7 Å². The van der Waals surface area contributed by atoms with E-state index < -0.39 is 0 Å².